The lowest BCUT2D eigenvalue weighted by Gasteiger charge is -1.97. The third-order valence-electron chi connectivity index (χ3n) is 4.83. The van der Waals surface area contributed by atoms with Gasteiger partial charge in [-0.2, -0.15) is 0 Å². The van der Waals surface area contributed by atoms with Gasteiger partial charge in [-0.05, 0) is 12.8 Å². The van der Waals surface area contributed by atoms with Crippen LogP contribution in [-0.2, 0) is 9.59 Å². The summed E-state index contributed by atoms with van der Waals surface area (Å²) < 4.78 is 0. The molecule has 0 aromatic carbocycles. The van der Waals surface area contributed by atoms with E-state index in [2.05, 4.69) is 37.7 Å². The number of hydrogen-bond acceptors (Lipinski definition) is 4. The first-order valence-corrected chi connectivity index (χ1v) is 12.8. The Morgan fingerprint density at radius 2 is 0.633 bits per heavy atom. The van der Waals surface area contributed by atoms with Crippen molar-refractivity contribution in [3.63, 3.8) is 0 Å². The van der Waals surface area contributed by atoms with Crippen LogP contribution in [0.25, 0.3) is 0 Å². The average Bonchev–Trinajstić information content (AvgIpc) is 2.77. The Labute approximate surface area is 188 Å². The molecule has 30 heavy (non-hydrogen) atoms. The fourth-order valence-electron chi connectivity index (χ4n) is 2.89. The lowest BCUT2D eigenvalue weighted by molar-refractivity contribution is 0.558. The molecule has 0 heterocycles. The van der Waals surface area contributed by atoms with Gasteiger partial charge in [0, 0.05) is 0 Å². The minimum Gasteiger partial charge on any atom is -0.211 e. The monoisotopic (exact) mass is 424 g/mol. The highest BCUT2D eigenvalue weighted by Crippen LogP contribution is 2.07. The molecule has 0 amide bonds. The minimum atomic E-state index is 0.664. The van der Waals surface area contributed by atoms with Gasteiger partial charge in [-0.3, -0.25) is 0 Å². The Bertz CT molecular complexity index is 337. The van der Waals surface area contributed by atoms with Crippen molar-refractivity contribution in [2.24, 2.45) is 9.98 Å². The van der Waals surface area contributed by atoms with E-state index in [1.807, 2.05) is 0 Å². The van der Waals surface area contributed by atoms with Crippen molar-refractivity contribution in [1.29, 1.82) is 0 Å². The van der Waals surface area contributed by atoms with Crippen LogP contribution in [0.15, 0.2) is 9.98 Å². The first kappa shape index (κ1) is 33.4. The Morgan fingerprint density at radius 1 is 0.400 bits per heavy atom. The summed E-state index contributed by atoms with van der Waals surface area (Å²) in [5, 5.41) is 0. The molecule has 4 heteroatoms. The van der Waals surface area contributed by atoms with Crippen molar-refractivity contribution in [2.45, 2.75) is 143 Å². The number of isocyanates is 2. The van der Waals surface area contributed by atoms with E-state index >= 15 is 0 Å². The van der Waals surface area contributed by atoms with Crippen molar-refractivity contribution in [3.8, 4) is 0 Å². The Hall–Kier alpha value is -1.24. The number of rotatable bonds is 19. The average molecular weight is 425 g/mol. The molecule has 178 valence electrons. The molecule has 0 atom stereocenters. The van der Waals surface area contributed by atoms with Crippen molar-refractivity contribution >= 4 is 12.2 Å². The SMILES string of the molecule is CCCCCC.CCCCCCCCCN=C=O.CCCCCCCCCN=C=O. The number of unbranched alkanes of at least 4 members (excludes halogenated alkanes) is 15. The van der Waals surface area contributed by atoms with E-state index in [0.717, 1.165) is 12.8 Å². The van der Waals surface area contributed by atoms with E-state index in [4.69, 9.17) is 0 Å². The van der Waals surface area contributed by atoms with E-state index in [1.54, 1.807) is 12.2 Å². The van der Waals surface area contributed by atoms with E-state index in [-0.39, 0.29) is 0 Å². The molecule has 0 aromatic rings. The predicted octanol–water partition coefficient (Wildman–Crippen LogP) is 8.73. The summed E-state index contributed by atoms with van der Waals surface area (Å²) in [6.45, 7) is 10.2. The largest absolute Gasteiger partial charge is 0.234 e. The number of carbonyl (C=O) groups excluding carboxylic acids is 2. The maximum atomic E-state index is 9.69. The van der Waals surface area contributed by atoms with Gasteiger partial charge in [0.25, 0.3) is 0 Å². The summed E-state index contributed by atoms with van der Waals surface area (Å²) in [7, 11) is 0. The molecule has 0 fully saturated rings. The van der Waals surface area contributed by atoms with Gasteiger partial charge in [-0.25, -0.2) is 19.6 Å². The second-order valence-corrected chi connectivity index (χ2v) is 7.90. The van der Waals surface area contributed by atoms with Crippen molar-refractivity contribution < 1.29 is 9.59 Å². The Kier molecular flexibility index (Phi) is 42.7. The summed E-state index contributed by atoms with van der Waals surface area (Å²) in [6, 6.07) is 0. The molecule has 4 nitrogen and oxygen atoms in total. The van der Waals surface area contributed by atoms with E-state index < -0.39 is 0 Å². The molecule has 0 aromatic heterocycles. The van der Waals surface area contributed by atoms with Crippen molar-refractivity contribution in [2.75, 3.05) is 13.1 Å². The molecular weight excluding hydrogens is 372 g/mol. The molecular formula is C26H52N2O2. The van der Waals surface area contributed by atoms with Gasteiger partial charge in [-0.1, -0.05) is 130 Å². The zero-order valence-electron chi connectivity index (χ0n) is 20.9. The van der Waals surface area contributed by atoms with Crippen LogP contribution in [0.4, 0.5) is 0 Å². The summed E-state index contributed by atoms with van der Waals surface area (Å²) in [6.07, 6.45) is 26.4. The number of aliphatic imine (C=N–C) groups is 2. The van der Waals surface area contributed by atoms with Crippen LogP contribution in [-0.4, -0.2) is 25.2 Å². The Morgan fingerprint density at radius 3 is 0.900 bits per heavy atom. The molecule has 0 unspecified atom stereocenters. The maximum Gasteiger partial charge on any atom is 0.234 e. The van der Waals surface area contributed by atoms with E-state index in [9.17, 15) is 9.59 Å². The van der Waals surface area contributed by atoms with Gasteiger partial charge in [0.15, 0.2) is 0 Å². The number of hydrogen-bond donors (Lipinski definition) is 0. The van der Waals surface area contributed by atoms with Crippen LogP contribution < -0.4 is 0 Å². The fraction of sp³-hybridized carbons (Fsp3) is 0.923. The molecule has 0 spiro atoms. The molecule has 0 rings (SSSR count). The minimum absolute atomic E-state index is 0.664. The third-order valence-corrected chi connectivity index (χ3v) is 4.83. The normalized spacial score (nSPS) is 9.33. The second-order valence-electron chi connectivity index (χ2n) is 7.90. The summed E-state index contributed by atoms with van der Waals surface area (Å²) in [4.78, 5) is 26.4. The second kappa shape index (κ2) is 38.4. The molecule has 0 aliphatic heterocycles. The lowest BCUT2D eigenvalue weighted by Crippen LogP contribution is -1.82. The highest BCUT2D eigenvalue weighted by atomic mass is 16.1. The first-order valence-electron chi connectivity index (χ1n) is 12.8. The highest BCUT2D eigenvalue weighted by Gasteiger charge is 1.90. The zero-order chi connectivity index (χ0) is 23.0. The van der Waals surface area contributed by atoms with Gasteiger partial charge < -0.3 is 0 Å². The van der Waals surface area contributed by atoms with Crippen LogP contribution >= 0.6 is 0 Å². The van der Waals surface area contributed by atoms with Crippen LogP contribution in [0, 0.1) is 0 Å². The topological polar surface area (TPSA) is 58.9 Å². The Balaban J connectivity index is -0.000000386. The van der Waals surface area contributed by atoms with Gasteiger partial charge in [0.1, 0.15) is 0 Å². The van der Waals surface area contributed by atoms with Crippen LogP contribution in [0.3, 0.4) is 0 Å². The van der Waals surface area contributed by atoms with Gasteiger partial charge >= 0.3 is 0 Å². The predicted molar refractivity (Wildman–Crippen MR) is 132 cm³/mol. The fourth-order valence-corrected chi connectivity index (χ4v) is 2.89. The van der Waals surface area contributed by atoms with Crippen LogP contribution in [0.1, 0.15) is 143 Å². The van der Waals surface area contributed by atoms with E-state index in [1.165, 1.54) is 103 Å². The van der Waals surface area contributed by atoms with Gasteiger partial charge in [0.2, 0.25) is 12.2 Å². The van der Waals surface area contributed by atoms with E-state index in [0.29, 0.717) is 13.1 Å². The van der Waals surface area contributed by atoms with Crippen LogP contribution in [0.5, 0.6) is 0 Å². The molecule has 0 saturated heterocycles. The molecule has 0 radical (unpaired) electrons. The molecule has 0 saturated carbocycles. The third kappa shape index (κ3) is 45.5. The maximum absolute atomic E-state index is 9.69. The highest BCUT2D eigenvalue weighted by molar-refractivity contribution is 5.32. The lowest BCUT2D eigenvalue weighted by atomic mass is 10.1. The van der Waals surface area contributed by atoms with Crippen molar-refractivity contribution in [1.82, 2.24) is 0 Å². The zero-order valence-corrected chi connectivity index (χ0v) is 20.9. The van der Waals surface area contributed by atoms with Gasteiger partial charge in [-0.15, -0.1) is 0 Å². The summed E-state index contributed by atoms with van der Waals surface area (Å²) >= 11 is 0. The quantitative estimate of drug-likeness (QED) is 0.118. The van der Waals surface area contributed by atoms with Gasteiger partial charge in [0.05, 0.1) is 13.1 Å². The molecule has 0 N–H and O–H groups in total. The van der Waals surface area contributed by atoms with Crippen molar-refractivity contribution in [3.05, 3.63) is 0 Å². The molecule has 0 aliphatic rings. The standard InChI is InChI=1S/2C10H19NO.C6H14/c2*1-2-3-4-5-6-7-8-9-11-10-12;1-3-5-6-4-2/h2*2-9H2,1H3;3-6H2,1-2H3. The molecule has 0 bridgehead atoms. The number of nitrogens with zero attached hydrogens (tertiary/aromatic N) is 2. The summed E-state index contributed by atoms with van der Waals surface area (Å²) in [5.74, 6) is 0. The smallest absolute Gasteiger partial charge is 0.211 e. The van der Waals surface area contributed by atoms with Crippen LogP contribution in [0.2, 0.25) is 0 Å². The first-order chi connectivity index (χ1) is 14.7. The summed E-state index contributed by atoms with van der Waals surface area (Å²) in [5.41, 5.74) is 0. The molecule has 0 aliphatic carbocycles.